The van der Waals surface area contributed by atoms with Crippen LogP contribution < -0.4 is 10.6 Å². The minimum absolute atomic E-state index is 0.00620. The van der Waals surface area contributed by atoms with Crippen LogP contribution in [-0.4, -0.2) is 24.2 Å². The number of rotatable bonds is 8. The van der Waals surface area contributed by atoms with E-state index in [9.17, 15) is 28.0 Å². The summed E-state index contributed by atoms with van der Waals surface area (Å²) in [5.74, 6) is -1.98. The van der Waals surface area contributed by atoms with Gasteiger partial charge in [-0.25, -0.2) is 4.79 Å². The molecule has 2 heterocycles. The second-order valence-corrected chi connectivity index (χ2v) is 8.25. The van der Waals surface area contributed by atoms with Crippen molar-refractivity contribution in [3.05, 3.63) is 88.5 Å². The van der Waals surface area contributed by atoms with Crippen LogP contribution in [0.3, 0.4) is 0 Å². The lowest BCUT2D eigenvalue weighted by Gasteiger charge is -2.27. The van der Waals surface area contributed by atoms with E-state index < -0.39 is 29.5 Å². The summed E-state index contributed by atoms with van der Waals surface area (Å²) >= 11 is 0.971. The molecule has 11 heteroatoms. The number of carbonyl (C=O) groups is 2. The lowest BCUT2D eigenvalue weighted by Crippen LogP contribution is -2.29. The third-order valence-electron chi connectivity index (χ3n) is 4.85. The number of ether oxygens (including phenoxy) is 1. The molecule has 1 aliphatic rings. The van der Waals surface area contributed by atoms with E-state index in [4.69, 9.17) is 9.15 Å². The van der Waals surface area contributed by atoms with Crippen LogP contribution in [0.15, 0.2) is 81.6 Å². The lowest BCUT2D eigenvalue weighted by atomic mass is 9.86. The van der Waals surface area contributed by atoms with Gasteiger partial charge in [-0.05, 0) is 37.3 Å². The molecule has 1 aromatic carbocycles. The predicted octanol–water partition coefficient (Wildman–Crippen LogP) is 5.10. The average molecular weight is 504 g/mol. The number of thioether (sulfide) groups is 1. The smallest absolute Gasteiger partial charge is 0.416 e. The predicted molar refractivity (Wildman–Crippen MR) is 124 cm³/mol. The SMILES string of the molecule is C=CCOC(=O)C1=C(C)NC(SCC(=O)Nc2cccc(C(F)(F)F)c2)=C(C#N)[C@H]1c1ccco1. The molecule has 0 bridgehead atoms. The van der Waals surface area contributed by atoms with Crippen molar-refractivity contribution in [1.29, 1.82) is 5.26 Å². The Morgan fingerprint density at radius 3 is 2.74 bits per heavy atom. The molecule has 2 N–H and O–H groups in total. The number of esters is 1. The van der Waals surface area contributed by atoms with Crippen LogP contribution in [0.2, 0.25) is 0 Å². The Bertz CT molecular complexity index is 1230. The lowest BCUT2D eigenvalue weighted by molar-refractivity contribution is -0.138. The Labute approximate surface area is 203 Å². The van der Waals surface area contributed by atoms with Crippen LogP contribution >= 0.6 is 11.8 Å². The van der Waals surface area contributed by atoms with Crippen LogP contribution in [0.4, 0.5) is 18.9 Å². The monoisotopic (exact) mass is 503 g/mol. The fourth-order valence-electron chi connectivity index (χ4n) is 3.36. The van der Waals surface area contributed by atoms with Gasteiger partial charge in [0, 0.05) is 11.4 Å². The summed E-state index contributed by atoms with van der Waals surface area (Å²) in [5.41, 5.74) is -0.179. The van der Waals surface area contributed by atoms with Crippen molar-refractivity contribution in [1.82, 2.24) is 5.32 Å². The molecular weight excluding hydrogens is 483 g/mol. The molecule has 182 valence electrons. The fourth-order valence-corrected chi connectivity index (χ4v) is 4.25. The Hall–Kier alpha value is -3.91. The quantitative estimate of drug-likeness (QED) is 0.382. The fraction of sp³-hybridized carbons (Fsp3) is 0.208. The summed E-state index contributed by atoms with van der Waals surface area (Å²) in [4.78, 5) is 25.1. The molecule has 1 atom stereocenters. The number of dihydropyridines is 1. The number of nitriles is 1. The maximum absolute atomic E-state index is 12.9. The van der Waals surface area contributed by atoms with Gasteiger partial charge in [0.2, 0.25) is 5.91 Å². The Kier molecular flexibility index (Phi) is 8.09. The first-order valence-corrected chi connectivity index (χ1v) is 11.2. The van der Waals surface area contributed by atoms with Gasteiger partial charge < -0.3 is 19.8 Å². The molecular formula is C24H20F3N3O4S. The van der Waals surface area contributed by atoms with Crippen LogP contribution in [0.1, 0.15) is 24.2 Å². The topological polar surface area (TPSA) is 104 Å². The van der Waals surface area contributed by atoms with E-state index in [1.807, 2.05) is 0 Å². The highest BCUT2D eigenvalue weighted by molar-refractivity contribution is 8.03. The molecule has 0 unspecified atom stereocenters. The first-order valence-electron chi connectivity index (χ1n) is 10.2. The molecule has 0 fully saturated rings. The number of anilines is 1. The molecule has 0 spiro atoms. The molecule has 0 saturated carbocycles. The van der Waals surface area contributed by atoms with Gasteiger partial charge in [0.1, 0.15) is 12.4 Å². The number of nitrogens with one attached hydrogen (secondary N) is 2. The normalized spacial score (nSPS) is 15.8. The van der Waals surface area contributed by atoms with Gasteiger partial charge in [0.25, 0.3) is 0 Å². The van der Waals surface area contributed by atoms with Gasteiger partial charge >= 0.3 is 12.1 Å². The number of allylic oxidation sites excluding steroid dienone is 2. The third kappa shape index (κ3) is 6.16. The summed E-state index contributed by atoms with van der Waals surface area (Å²) < 4.78 is 49.4. The third-order valence-corrected chi connectivity index (χ3v) is 5.87. The van der Waals surface area contributed by atoms with E-state index in [0.717, 1.165) is 23.9 Å². The number of amides is 1. The minimum atomic E-state index is -4.54. The van der Waals surface area contributed by atoms with Gasteiger partial charge in [-0.3, -0.25) is 4.79 Å². The highest BCUT2D eigenvalue weighted by Gasteiger charge is 2.37. The Morgan fingerprint density at radius 2 is 2.11 bits per heavy atom. The van der Waals surface area contributed by atoms with Crippen LogP contribution in [-0.2, 0) is 20.5 Å². The van der Waals surface area contributed by atoms with Crippen molar-refractivity contribution in [3.8, 4) is 6.07 Å². The van der Waals surface area contributed by atoms with E-state index in [1.54, 1.807) is 19.1 Å². The molecule has 3 rings (SSSR count). The minimum Gasteiger partial charge on any atom is -0.468 e. The van der Waals surface area contributed by atoms with E-state index in [-0.39, 0.29) is 29.2 Å². The average Bonchev–Trinajstić information content (AvgIpc) is 3.35. The van der Waals surface area contributed by atoms with Gasteiger partial charge in [-0.15, -0.1) is 0 Å². The molecule has 1 amide bonds. The van der Waals surface area contributed by atoms with Crippen molar-refractivity contribution in [2.75, 3.05) is 17.7 Å². The zero-order chi connectivity index (χ0) is 25.6. The van der Waals surface area contributed by atoms with Crippen molar-refractivity contribution in [3.63, 3.8) is 0 Å². The molecule has 0 aliphatic carbocycles. The number of furan rings is 1. The largest absolute Gasteiger partial charge is 0.468 e. The molecule has 0 radical (unpaired) electrons. The first-order chi connectivity index (χ1) is 16.7. The number of nitrogens with zero attached hydrogens (tertiary/aromatic N) is 1. The highest BCUT2D eigenvalue weighted by atomic mass is 32.2. The second kappa shape index (κ2) is 11.0. The Morgan fingerprint density at radius 1 is 1.34 bits per heavy atom. The van der Waals surface area contributed by atoms with Crippen LogP contribution in [0.5, 0.6) is 0 Å². The first kappa shape index (κ1) is 25.7. The molecule has 1 aromatic heterocycles. The zero-order valence-corrected chi connectivity index (χ0v) is 19.3. The van der Waals surface area contributed by atoms with E-state index in [1.165, 1.54) is 24.5 Å². The van der Waals surface area contributed by atoms with Gasteiger partial charge in [-0.1, -0.05) is 30.5 Å². The summed E-state index contributed by atoms with van der Waals surface area (Å²) in [7, 11) is 0. The van der Waals surface area contributed by atoms with Crippen molar-refractivity contribution in [2.45, 2.75) is 19.0 Å². The highest BCUT2D eigenvalue weighted by Crippen LogP contribution is 2.41. The molecule has 1 aliphatic heterocycles. The van der Waals surface area contributed by atoms with Gasteiger partial charge in [0.15, 0.2) is 0 Å². The van der Waals surface area contributed by atoms with Crippen molar-refractivity contribution >= 4 is 29.3 Å². The number of hydrogen-bond donors (Lipinski definition) is 2. The number of benzene rings is 1. The van der Waals surface area contributed by atoms with Crippen LogP contribution in [0.25, 0.3) is 0 Å². The molecule has 7 nitrogen and oxygen atoms in total. The summed E-state index contributed by atoms with van der Waals surface area (Å²) in [6.45, 7) is 5.11. The molecule has 2 aromatic rings. The van der Waals surface area contributed by atoms with E-state index in [0.29, 0.717) is 16.5 Å². The number of carbonyl (C=O) groups excluding carboxylic acids is 2. The maximum atomic E-state index is 12.9. The second-order valence-electron chi connectivity index (χ2n) is 7.27. The standard InChI is InChI=1S/C24H20F3N3O4S/c1-3-9-34-23(32)20-14(2)29-22(17(12-28)21(20)18-8-5-10-33-18)35-13-19(31)30-16-7-4-6-15(11-16)24(25,26)27/h3-8,10-11,21,29H,1,9,13H2,2H3,(H,30,31)/t21-/m0/s1. The Balaban J connectivity index is 1.81. The summed E-state index contributed by atoms with van der Waals surface area (Å²) in [6, 6.07) is 9.58. The number of halogens is 3. The van der Waals surface area contributed by atoms with Crippen molar-refractivity contribution in [2.24, 2.45) is 0 Å². The number of hydrogen-bond acceptors (Lipinski definition) is 7. The molecule has 35 heavy (non-hydrogen) atoms. The molecule has 0 saturated heterocycles. The van der Waals surface area contributed by atoms with Crippen LogP contribution in [0, 0.1) is 11.3 Å². The van der Waals surface area contributed by atoms with E-state index >= 15 is 0 Å². The summed E-state index contributed by atoms with van der Waals surface area (Å²) in [6.07, 6.45) is -1.72. The number of alkyl halides is 3. The van der Waals surface area contributed by atoms with Crippen molar-refractivity contribution < 1.29 is 31.9 Å². The van der Waals surface area contributed by atoms with Gasteiger partial charge in [-0.2, -0.15) is 18.4 Å². The summed E-state index contributed by atoms with van der Waals surface area (Å²) in [5, 5.41) is 15.6. The van der Waals surface area contributed by atoms with E-state index in [2.05, 4.69) is 23.3 Å². The van der Waals surface area contributed by atoms with Gasteiger partial charge in [0.05, 0.1) is 45.7 Å². The zero-order valence-electron chi connectivity index (χ0n) is 18.4. The maximum Gasteiger partial charge on any atom is 0.416 e.